The highest BCUT2D eigenvalue weighted by Gasteiger charge is 2.02. The molecule has 0 fully saturated rings. The van der Waals surface area contributed by atoms with Gasteiger partial charge in [-0.1, -0.05) is 24.3 Å². The lowest BCUT2D eigenvalue weighted by Crippen LogP contribution is -2.18. The van der Waals surface area contributed by atoms with E-state index in [1.54, 1.807) is 6.08 Å². The van der Waals surface area contributed by atoms with Gasteiger partial charge in [0.25, 0.3) is 0 Å². The lowest BCUT2D eigenvalue weighted by atomic mass is 10.0. The fourth-order valence-corrected chi connectivity index (χ4v) is 1.27. The molecular weight excluding hydrogens is 224 g/mol. The molecule has 6 nitrogen and oxygen atoms in total. The highest BCUT2D eigenvalue weighted by Crippen LogP contribution is 2.10. The summed E-state index contributed by atoms with van der Waals surface area (Å²) in [5.41, 5.74) is 7.97. The van der Waals surface area contributed by atoms with Crippen molar-refractivity contribution in [2.45, 2.75) is 26.8 Å². The highest BCUT2D eigenvalue weighted by atomic mass is 17.7. The Kier molecular flexibility index (Phi) is 9.55. The average Bonchev–Trinajstić information content (AvgIpc) is 2.27. The van der Waals surface area contributed by atoms with E-state index in [9.17, 15) is 0 Å². The van der Waals surface area contributed by atoms with Crippen molar-refractivity contribution in [3.63, 3.8) is 0 Å². The largest absolute Gasteiger partial charge is 0.324 e. The molecule has 1 atom stereocenters. The number of nitrogens with two attached hydrogens (primary N) is 2. The smallest absolute Gasteiger partial charge is 0.104 e. The molecule has 0 amide bonds. The zero-order valence-electron chi connectivity index (χ0n) is 10.4. The fraction of sp³-hybridized carbons (Fsp3) is 0.455. The fourth-order valence-electron chi connectivity index (χ4n) is 1.27. The van der Waals surface area contributed by atoms with Crippen LogP contribution in [0.2, 0.25) is 0 Å². The van der Waals surface area contributed by atoms with Crippen molar-refractivity contribution in [3.05, 3.63) is 35.5 Å². The molecule has 0 spiro atoms. The van der Waals surface area contributed by atoms with E-state index in [2.05, 4.69) is 25.8 Å². The quantitative estimate of drug-likeness (QED) is 0.291. The minimum Gasteiger partial charge on any atom is -0.324 e. The van der Waals surface area contributed by atoms with Gasteiger partial charge >= 0.3 is 0 Å². The maximum Gasteiger partial charge on any atom is 0.104 e. The normalized spacial score (nSPS) is 15.6. The van der Waals surface area contributed by atoms with Gasteiger partial charge in [-0.05, 0) is 42.0 Å². The Hall–Kier alpha value is -1.02. The zero-order valence-corrected chi connectivity index (χ0v) is 10.4. The Labute approximate surface area is 101 Å². The van der Waals surface area contributed by atoms with Crippen molar-refractivity contribution < 1.29 is 20.0 Å². The average molecular weight is 244 g/mol. The molecule has 0 heterocycles. The highest BCUT2D eigenvalue weighted by molar-refractivity contribution is 5.34. The monoisotopic (exact) mass is 244 g/mol. The third kappa shape index (κ3) is 7.81. The maximum absolute atomic E-state index is 5.85. The molecule has 6 heteroatoms. The summed E-state index contributed by atoms with van der Waals surface area (Å²) in [6.45, 7) is 6.04. The van der Waals surface area contributed by atoms with Crippen molar-refractivity contribution in [2.75, 3.05) is 6.61 Å². The number of hydrogen-bond donors (Lipinski definition) is 2. The summed E-state index contributed by atoms with van der Waals surface area (Å²) >= 11 is 0. The first-order chi connectivity index (χ1) is 8.13. The molecule has 0 saturated heterocycles. The molecule has 4 N–H and O–H groups in total. The Morgan fingerprint density at radius 3 is 2.53 bits per heavy atom. The van der Waals surface area contributed by atoms with Gasteiger partial charge in [-0.15, -0.1) is 4.99 Å². The van der Waals surface area contributed by atoms with Crippen LogP contribution in [0.25, 0.3) is 0 Å². The van der Waals surface area contributed by atoms with Crippen LogP contribution in [0, 0.1) is 0 Å². The van der Waals surface area contributed by atoms with Crippen LogP contribution in [0.5, 0.6) is 0 Å². The molecule has 0 bridgehead atoms. The lowest BCUT2D eigenvalue weighted by Gasteiger charge is -2.09. The summed E-state index contributed by atoms with van der Waals surface area (Å²) in [6, 6.07) is -0.0630. The van der Waals surface area contributed by atoms with Gasteiger partial charge in [0.15, 0.2) is 0 Å². The molecule has 0 aromatic heterocycles. The summed E-state index contributed by atoms with van der Waals surface area (Å²) in [5.74, 6) is 4.53. The molecule has 98 valence electrons. The molecular formula is C11H20N2O4. The number of hydrogen-bond acceptors (Lipinski definition) is 6. The second kappa shape index (κ2) is 10.2. The minimum atomic E-state index is -0.0630. The van der Waals surface area contributed by atoms with Crippen molar-refractivity contribution >= 4 is 0 Å². The third-order valence-electron chi connectivity index (χ3n) is 1.94. The van der Waals surface area contributed by atoms with E-state index in [4.69, 9.17) is 5.73 Å². The Morgan fingerprint density at radius 2 is 2.00 bits per heavy atom. The summed E-state index contributed by atoms with van der Waals surface area (Å²) < 4.78 is 0. The van der Waals surface area contributed by atoms with Crippen molar-refractivity contribution in [1.29, 1.82) is 0 Å². The molecule has 0 aromatic carbocycles. The van der Waals surface area contributed by atoms with E-state index in [-0.39, 0.29) is 12.6 Å². The van der Waals surface area contributed by atoms with E-state index in [1.807, 2.05) is 39.0 Å². The summed E-state index contributed by atoms with van der Waals surface area (Å²) in [5, 5.41) is 7.92. The molecule has 0 radical (unpaired) electrons. The lowest BCUT2D eigenvalue weighted by molar-refractivity contribution is -0.635. The van der Waals surface area contributed by atoms with Crippen LogP contribution in [0.15, 0.2) is 35.5 Å². The Balaban J connectivity index is 4.27. The van der Waals surface area contributed by atoms with Gasteiger partial charge < -0.3 is 5.73 Å². The van der Waals surface area contributed by atoms with Crippen molar-refractivity contribution in [2.24, 2.45) is 11.6 Å². The standard InChI is InChI=1S/C11H20N2O4/c1-4-6-9(2)11(10(3)12)7-5-8-14-16-17-15-13/h4-7,10H,8,12-13H2,1-3H3/b6-4-,7-5?,11-9+. The predicted octanol–water partition coefficient (Wildman–Crippen LogP) is 1.47. The molecule has 1 unspecified atom stereocenters. The molecule has 0 aliphatic carbocycles. The van der Waals surface area contributed by atoms with Crippen LogP contribution < -0.4 is 11.6 Å². The maximum atomic E-state index is 5.85. The predicted molar refractivity (Wildman–Crippen MR) is 63.7 cm³/mol. The topological polar surface area (TPSA) is 89.0 Å². The molecule has 0 aliphatic heterocycles. The molecule has 0 rings (SSSR count). The SMILES string of the molecule is C/C=C\C(C)=C(/C=CCOOOON)C(C)N. The van der Waals surface area contributed by atoms with E-state index in [0.29, 0.717) is 0 Å². The van der Waals surface area contributed by atoms with E-state index in [1.165, 1.54) is 0 Å². The minimum absolute atomic E-state index is 0.0630. The molecule has 0 aliphatic rings. The zero-order chi connectivity index (χ0) is 13.1. The Morgan fingerprint density at radius 1 is 1.29 bits per heavy atom. The first kappa shape index (κ1) is 16.0. The van der Waals surface area contributed by atoms with Crippen LogP contribution in [0.1, 0.15) is 20.8 Å². The summed E-state index contributed by atoms with van der Waals surface area (Å²) in [4.78, 5) is 8.22. The number of allylic oxidation sites excluding steroid dienone is 3. The van der Waals surface area contributed by atoms with E-state index in [0.717, 1.165) is 11.1 Å². The summed E-state index contributed by atoms with van der Waals surface area (Å²) in [7, 11) is 0. The first-order valence-electron chi connectivity index (χ1n) is 5.20. The van der Waals surface area contributed by atoms with Crippen LogP contribution in [-0.2, 0) is 20.0 Å². The van der Waals surface area contributed by atoms with Crippen molar-refractivity contribution in [1.82, 2.24) is 0 Å². The van der Waals surface area contributed by atoms with Gasteiger partial charge in [-0.3, -0.25) is 0 Å². The van der Waals surface area contributed by atoms with E-state index >= 15 is 0 Å². The van der Waals surface area contributed by atoms with Crippen LogP contribution >= 0.6 is 0 Å². The van der Waals surface area contributed by atoms with Crippen LogP contribution in [0.4, 0.5) is 0 Å². The second-order valence-electron chi connectivity index (χ2n) is 3.35. The van der Waals surface area contributed by atoms with Gasteiger partial charge in [0.2, 0.25) is 0 Å². The first-order valence-corrected chi connectivity index (χ1v) is 5.20. The third-order valence-corrected chi connectivity index (χ3v) is 1.94. The van der Waals surface area contributed by atoms with Crippen LogP contribution in [-0.4, -0.2) is 12.6 Å². The second-order valence-corrected chi connectivity index (χ2v) is 3.35. The van der Waals surface area contributed by atoms with Crippen molar-refractivity contribution in [3.8, 4) is 0 Å². The Bertz CT molecular complexity index is 285. The van der Waals surface area contributed by atoms with Gasteiger partial charge in [-0.2, -0.15) is 10.8 Å². The molecule has 0 saturated carbocycles. The summed E-state index contributed by atoms with van der Waals surface area (Å²) in [6.07, 6.45) is 7.56. The van der Waals surface area contributed by atoms with Gasteiger partial charge in [-0.25, -0.2) is 0 Å². The van der Waals surface area contributed by atoms with Gasteiger partial charge in [0, 0.05) is 6.04 Å². The number of rotatable bonds is 8. The van der Waals surface area contributed by atoms with Crippen LogP contribution in [0.3, 0.4) is 0 Å². The molecule has 0 aromatic rings. The van der Waals surface area contributed by atoms with E-state index < -0.39 is 0 Å². The molecule has 17 heavy (non-hydrogen) atoms. The van der Waals surface area contributed by atoms with Gasteiger partial charge in [0.1, 0.15) is 6.61 Å². The van der Waals surface area contributed by atoms with Gasteiger partial charge in [0.05, 0.1) is 0 Å².